The van der Waals surface area contributed by atoms with Crippen LogP contribution in [0.2, 0.25) is 0 Å². The summed E-state index contributed by atoms with van der Waals surface area (Å²) in [5.41, 5.74) is 0. The second-order valence-electron chi connectivity index (χ2n) is 6.21. The molecule has 0 radical (unpaired) electrons. The summed E-state index contributed by atoms with van der Waals surface area (Å²) in [4.78, 5) is 1.95. The minimum Gasteiger partial charge on any atom is -0.297 e. The lowest BCUT2D eigenvalue weighted by Crippen LogP contribution is -2.50. The summed E-state index contributed by atoms with van der Waals surface area (Å²) in [5, 5.41) is 0. The fourth-order valence-corrected chi connectivity index (χ4v) is 2.76. The van der Waals surface area contributed by atoms with Gasteiger partial charge in [0.05, 0.1) is 6.54 Å². The highest BCUT2D eigenvalue weighted by atomic mass is 19.3. The Labute approximate surface area is 105 Å². The fraction of sp³-hybridized carbons (Fsp3) is 1.00. The third-order valence-electron chi connectivity index (χ3n) is 3.79. The van der Waals surface area contributed by atoms with E-state index in [1.54, 1.807) is 0 Å². The highest BCUT2D eigenvalue weighted by Crippen LogP contribution is 2.37. The standard InChI is InChI=1S/C14H27F2N/c1-11(2)6-5-8-17-9-7-13(12(3)4)14(15,16)10-17/h11-13H,5-10H2,1-4H3. The molecule has 1 fully saturated rings. The summed E-state index contributed by atoms with van der Waals surface area (Å²) in [6, 6.07) is 0. The average Bonchev–Trinajstić information content (AvgIpc) is 2.14. The molecule has 1 aliphatic rings. The van der Waals surface area contributed by atoms with E-state index in [0.29, 0.717) is 12.3 Å². The van der Waals surface area contributed by atoms with Crippen molar-refractivity contribution in [3.8, 4) is 0 Å². The average molecular weight is 247 g/mol. The molecule has 17 heavy (non-hydrogen) atoms. The van der Waals surface area contributed by atoms with E-state index in [0.717, 1.165) is 25.9 Å². The van der Waals surface area contributed by atoms with Crippen LogP contribution in [0.4, 0.5) is 8.78 Å². The van der Waals surface area contributed by atoms with E-state index in [2.05, 4.69) is 13.8 Å². The predicted molar refractivity (Wildman–Crippen MR) is 68.4 cm³/mol. The molecule has 1 saturated heterocycles. The summed E-state index contributed by atoms with van der Waals surface area (Å²) >= 11 is 0. The molecule has 0 aliphatic carbocycles. The Bertz CT molecular complexity index is 224. The van der Waals surface area contributed by atoms with Crippen molar-refractivity contribution in [1.82, 2.24) is 4.90 Å². The van der Waals surface area contributed by atoms with Gasteiger partial charge in [0.1, 0.15) is 0 Å². The SMILES string of the molecule is CC(C)CCCN1CCC(C(C)C)C(F)(F)C1. The zero-order chi connectivity index (χ0) is 13.1. The Hall–Kier alpha value is -0.180. The van der Waals surface area contributed by atoms with Crippen LogP contribution in [0.3, 0.4) is 0 Å². The van der Waals surface area contributed by atoms with Crippen molar-refractivity contribution in [2.24, 2.45) is 17.8 Å². The number of hydrogen-bond acceptors (Lipinski definition) is 1. The van der Waals surface area contributed by atoms with Crippen molar-refractivity contribution in [2.45, 2.75) is 52.9 Å². The first kappa shape index (κ1) is 14.9. The van der Waals surface area contributed by atoms with Gasteiger partial charge in [-0.2, -0.15) is 0 Å². The van der Waals surface area contributed by atoms with E-state index in [1.165, 1.54) is 0 Å². The first-order valence-electron chi connectivity index (χ1n) is 6.93. The fourth-order valence-electron chi connectivity index (χ4n) is 2.76. The molecule has 1 aliphatic heterocycles. The number of alkyl halides is 2. The summed E-state index contributed by atoms with van der Waals surface area (Å²) < 4.78 is 27.8. The maximum atomic E-state index is 13.9. The van der Waals surface area contributed by atoms with Gasteiger partial charge in [-0.1, -0.05) is 27.7 Å². The van der Waals surface area contributed by atoms with Gasteiger partial charge in [0.2, 0.25) is 0 Å². The largest absolute Gasteiger partial charge is 0.297 e. The Kier molecular flexibility index (Phi) is 5.36. The van der Waals surface area contributed by atoms with Crippen molar-refractivity contribution >= 4 is 0 Å². The van der Waals surface area contributed by atoms with Gasteiger partial charge >= 0.3 is 0 Å². The smallest absolute Gasteiger partial charge is 0.263 e. The second kappa shape index (κ2) is 6.12. The maximum Gasteiger partial charge on any atom is 0.263 e. The molecule has 0 N–H and O–H groups in total. The summed E-state index contributed by atoms with van der Waals surface area (Å²) in [6.45, 7) is 9.82. The minimum atomic E-state index is -2.50. The van der Waals surface area contributed by atoms with Gasteiger partial charge in [-0.3, -0.25) is 4.90 Å². The Morgan fingerprint density at radius 1 is 1.24 bits per heavy atom. The van der Waals surface area contributed by atoms with Gasteiger partial charge in [-0.15, -0.1) is 0 Å². The summed E-state index contributed by atoms with van der Waals surface area (Å²) in [7, 11) is 0. The first-order valence-corrected chi connectivity index (χ1v) is 6.93. The van der Waals surface area contributed by atoms with Gasteiger partial charge < -0.3 is 0 Å². The van der Waals surface area contributed by atoms with Crippen LogP contribution >= 0.6 is 0 Å². The van der Waals surface area contributed by atoms with Gasteiger partial charge in [-0.05, 0) is 44.2 Å². The van der Waals surface area contributed by atoms with Crippen molar-refractivity contribution in [3.63, 3.8) is 0 Å². The number of halogens is 2. The monoisotopic (exact) mass is 247 g/mol. The molecule has 1 heterocycles. The third kappa shape index (κ3) is 4.53. The molecule has 1 atom stereocenters. The van der Waals surface area contributed by atoms with Gasteiger partial charge in [0.25, 0.3) is 5.92 Å². The lowest BCUT2D eigenvalue weighted by Gasteiger charge is -2.40. The molecule has 3 heteroatoms. The zero-order valence-electron chi connectivity index (χ0n) is 11.7. The molecule has 0 saturated carbocycles. The van der Waals surface area contributed by atoms with E-state index in [9.17, 15) is 8.78 Å². The van der Waals surface area contributed by atoms with Crippen molar-refractivity contribution in [1.29, 1.82) is 0 Å². The quantitative estimate of drug-likeness (QED) is 0.709. The molecule has 102 valence electrons. The van der Waals surface area contributed by atoms with Crippen LogP contribution in [0.5, 0.6) is 0 Å². The highest BCUT2D eigenvalue weighted by Gasteiger charge is 2.45. The third-order valence-corrected chi connectivity index (χ3v) is 3.79. The van der Waals surface area contributed by atoms with Crippen molar-refractivity contribution < 1.29 is 8.78 Å². The Morgan fingerprint density at radius 3 is 2.35 bits per heavy atom. The molecule has 0 aromatic carbocycles. The predicted octanol–water partition coefficient (Wildman–Crippen LogP) is 4.04. The Morgan fingerprint density at radius 2 is 1.88 bits per heavy atom. The highest BCUT2D eigenvalue weighted by molar-refractivity contribution is 4.88. The van der Waals surface area contributed by atoms with E-state index < -0.39 is 11.8 Å². The van der Waals surface area contributed by atoms with Crippen molar-refractivity contribution in [2.75, 3.05) is 19.6 Å². The molecule has 0 aromatic heterocycles. The Balaban J connectivity index is 2.38. The van der Waals surface area contributed by atoms with Crippen LogP contribution < -0.4 is 0 Å². The molecule has 1 unspecified atom stereocenters. The van der Waals surface area contributed by atoms with E-state index in [1.807, 2.05) is 18.7 Å². The van der Waals surface area contributed by atoms with Gasteiger partial charge in [0, 0.05) is 5.92 Å². The van der Waals surface area contributed by atoms with E-state index in [4.69, 9.17) is 0 Å². The van der Waals surface area contributed by atoms with Gasteiger partial charge in [-0.25, -0.2) is 8.78 Å². The summed E-state index contributed by atoms with van der Waals surface area (Å²) in [6.07, 6.45) is 2.82. The number of likely N-dealkylation sites (tertiary alicyclic amines) is 1. The van der Waals surface area contributed by atoms with Gasteiger partial charge in [0.15, 0.2) is 0 Å². The molecule has 1 rings (SSSR count). The zero-order valence-corrected chi connectivity index (χ0v) is 11.7. The summed E-state index contributed by atoms with van der Waals surface area (Å²) in [5.74, 6) is -2.17. The molecule has 0 spiro atoms. The molecular formula is C14H27F2N. The minimum absolute atomic E-state index is 0.0338. The normalized spacial score (nSPS) is 25.8. The van der Waals surface area contributed by atoms with E-state index >= 15 is 0 Å². The van der Waals surface area contributed by atoms with Crippen LogP contribution in [0, 0.1) is 17.8 Å². The molecule has 0 bridgehead atoms. The van der Waals surface area contributed by atoms with E-state index in [-0.39, 0.29) is 12.5 Å². The number of piperidine rings is 1. The molecular weight excluding hydrogens is 220 g/mol. The maximum absolute atomic E-state index is 13.9. The van der Waals surface area contributed by atoms with Crippen LogP contribution in [0.1, 0.15) is 47.0 Å². The number of nitrogens with zero attached hydrogens (tertiary/aromatic N) is 1. The number of rotatable bonds is 5. The van der Waals surface area contributed by atoms with Crippen LogP contribution in [0.25, 0.3) is 0 Å². The first-order chi connectivity index (χ1) is 7.83. The molecule has 0 amide bonds. The lowest BCUT2D eigenvalue weighted by atomic mass is 9.83. The van der Waals surface area contributed by atoms with Crippen LogP contribution in [-0.2, 0) is 0 Å². The van der Waals surface area contributed by atoms with Crippen LogP contribution in [0.15, 0.2) is 0 Å². The topological polar surface area (TPSA) is 3.24 Å². The second-order valence-corrected chi connectivity index (χ2v) is 6.21. The van der Waals surface area contributed by atoms with Crippen LogP contribution in [-0.4, -0.2) is 30.5 Å². The van der Waals surface area contributed by atoms with Crippen molar-refractivity contribution in [3.05, 3.63) is 0 Å². The molecule has 0 aromatic rings. The molecule has 1 nitrogen and oxygen atoms in total. The lowest BCUT2D eigenvalue weighted by molar-refractivity contribution is -0.125. The number of hydrogen-bond donors (Lipinski definition) is 0.